The van der Waals surface area contributed by atoms with Gasteiger partial charge in [0.05, 0.1) is 19.2 Å². The van der Waals surface area contributed by atoms with Crippen molar-refractivity contribution in [2.75, 3.05) is 7.11 Å². The molecule has 102 valence electrons. The van der Waals surface area contributed by atoms with Crippen molar-refractivity contribution in [3.63, 3.8) is 0 Å². The van der Waals surface area contributed by atoms with E-state index in [0.29, 0.717) is 0 Å². The Morgan fingerprint density at radius 2 is 1.90 bits per heavy atom. The molecule has 2 aromatic carbocycles. The molecule has 0 radical (unpaired) electrons. The molecule has 1 heterocycles. The summed E-state index contributed by atoms with van der Waals surface area (Å²) >= 11 is 0. The topological polar surface area (TPSA) is 34.4 Å². The average molecular weight is 267 g/mol. The van der Waals surface area contributed by atoms with Gasteiger partial charge in [0.1, 0.15) is 5.75 Å². The first-order valence-electron chi connectivity index (χ1n) is 6.60. The van der Waals surface area contributed by atoms with Crippen molar-refractivity contribution in [3.8, 4) is 11.4 Å². The summed E-state index contributed by atoms with van der Waals surface area (Å²) in [6, 6.07) is 14.1. The van der Waals surface area contributed by atoms with Gasteiger partial charge in [-0.05, 0) is 36.2 Å². The second-order valence-electron chi connectivity index (χ2n) is 4.82. The lowest BCUT2D eigenvalue weighted by Crippen LogP contribution is -1.98. The first-order valence-corrected chi connectivity index (χ1v) is 6.60. The summed E-state index contributed by atoms with van der Waals surface area (Å²) in [4.78, 5) is 0. The fraction of sp³-hybridized carbons (Fsp3) is 0.176. The summed E-state index contributed by atoms with van der Waals surface area (Å²) in [5.74, 6) is 0.811. The molecule has 0 fully saturated rings. The van der Waals surface area contributed by atoms with E-state index in [0.717, 1.165) is 27.9 Å². The highest BCUT2D eigenvalue weighted by atomic mass is 16.5. The summed E-state index contributed by atoms with van der Waals surface area (Å²) in [6.07, 6.45) is 2.02. The number of aliphatic hydroxyl groups excluding tert-OH is 1. The number of aliphatic hydroxyl groups is 1. The van der Waals surface area contributed by atoms with Crippen LogP contribution in [0.2, 0.25) is 0 Å². The number of fused-ring (bicyclic) bond motifs is 1. The number of aromatic nitrogens is 1. The van der Waals surface area contributed by atoms with Gasteiger partial charge in [0.2, 0.25) is 0 Å². The standard InChI is InChI=1S/C17H17NO2/c1-12-5-3-4-6-15(12)18-10-9-14-13(11-19)7-8-16(20-2)17(14)18/h3-10,19H,11H2,1-2H3. The van der Waals surface area contributed by atoms with Crippen LogP contribution in [-0.2, 0) is 6.61 Å². The Balaban J connectivity index is 2.35. The van der Waals surface area contributed by atoms with Crippen LogP contribution in [0.3, 0.4) is 0 Å². The van der Waals surface area contributed by atoms with Gasteiger partial charge in [-0.25, -0.2) is 0 Å². The number of methoxy groups -OCH3 is 1. The Bertz CT molecular complexity index is 759. The number of para-hydroxylation sites is 1. The highest BCUT2D eigenvalue weighted by Gasteiger charge is 2.12. The summed E-state index contributed by atoms with van der Waals surface area (Å²) in [5, 5.41) is 10.5. The van der Waals surface area contributed by atoms with Crippen molar-refractivity contribution in [2.24, 2.45) is 0 Å². The Morgan fingerprint density at radius 1 is 1.10 bits per heavy atom. The van der Waals surface area contributed by atoms with Crippen LogP contribution in [0.5, 0.6) is 5.75 Å². The first-order chi connectivity index (χ1) is 9.76. The number of ether oxygens (including phenoxy) is 1. The van der Waals surface area contributed by atoms with E-state index in [1.54, 1.807) is 7.11 Å². The number of aryl methyl sites for hydroxylation is 1. The molecule has 0 aliphatic carbocycles. The van der Waals surface area contributed by atoms with E-state index in [4.69, 9.17) is 4.74 Å². The second kappa shape index (κ2) is 5.02. The van der Waals surface area contributed by atoms with E-state index in [1.165, 1.54) is 5.56 Å². The quantitative estimate of drug-likeness (QED) is 0.788. The smallest absolute Gasteiger partial charge is 0.143 e. The number of benzene rings is 2. The maximum Gasteiger partial charge on any atom is 0.143 e. The molecule has 0 saturated carbocycles. The molecule has 3 aromatic rings. The Hall–Kier alpha value is -2.26. The van der Waals surface area contributed by atoms with E-state index < -0.39 is 0 Å². The van der Waals surface area contributed by atoms with Gasteiger partial charge in [-0.3, -0.25) is 0 Å². The van der Waals surface area contributed by atoms with Crippen LogP contribution in [0.1, 0.15) is 11.1 Å². The summed E-state index contributed by atoms with van der Waals surface area (Å²) in [6.45, 7) is 2.11. The van der Waals surface area contributed by atoms with Crippen molar-refractivity contribution in [1.29, 1.82) is 0 Å². The molecule has 0 aliphatic heterocycles. The molecule has 0 bridgehead atoms. The molecule has 0 spiro atoms. The zero-order chi connectivity index (χ0) is 14.1. The van der Waals surface area contributed by atoms with Gasteiger partial charge in [0.25, 0.3) is 0 Å². The molecule has 0 saturated heterocycles. The molecule has 3 rings (SSSR count). The number of rotatable bonds is 3. The number of hydrogen-bond acceptors (Lipinski definition) is 2. The van der Waals surface area contributed by atoms with Crippen LogP contribution in [0.25, 0.3) is 16.6 Å². The first kappa shape index (κ1) is 12.8. The van der Waals surface area contributed by atoms with Gasteiger partial charge in [0, 0.05) is 17.3 Å². The third kappa shape index (κ3) is 1.87. The van der Waals surface area contributed by atoms with Crippen LogP contribution < -0.4 is 4.74 Å². The predicted molar refractivity (Wildman–Crippen MR) is 80.5 cm³/mol. The van der Waals surface area contributed by atoms with Crippen LogP contribution in [-0.4, -0.2) is 16.8 Å². The lowest BCUT2D eigenvalue weighted by molar-refractivity contribution is 0.283. The third-order valence-corrected chi connectivity index (χ3v) is 3.67. The van der Waals surface area contributed by atoms with Crippen molar-refractivity contribution < 1.29 is 9.84 Å². The molecule has 0 atom stereocenters. The molecule has 3 nitrogen and oxygen atoms in total. The predicted octanol–water partition coefficient (Wildman–Crippen LogP) is 3.44. The van der Waals surface area contributed by atoms with Crippen LogP contribution in [0, 0.1) is 6.92 Å². The van der Waals surface area contributed by atoms with Gasteiger partial charge < -0.3 is 14.4 Å². The van der Waals surface area contributed by atoms with Gasteiger partial charge in [0.15, 0.2) is 0 Å². The zero-order valence-electron chi connectivity index (χ0n) is 11.6. The summed E-state index contributed by atoms with van der Waals surface area (Å²) < 4.78 is 7.60. The molecule has 20 heavy (non-hydrogen) atoms. The zero-order valence-corrected chi connectivity index (χ0v) is 11.6. The average Bonchev–Trinajstić information content (AvgIpc) is 2.91. The number of hydrogen-bond donors (Lipinski definition) is 1. The highest BCUT2D eigenvalue weighted by molar-refractivity contribution is 5.90. The minimum absolute atomic E-state index is 0.0261. The van der Waals surface area contributed by atoms with Gasteiger partial charge in [-0.15, -0.1) is 0 Å². The Kier molecular flexibility index (Phi) is 3.20. The van der Waals surface area contributed by atoms with Crippen molar-refractivity contribution in [3.05, 3.63) is 59.8 Å². The Morgan fingerprint density at radius 3 is 2.60 bits per heavy atom. The van der Waals surface area contributed by atoms with Crippen LogP contribution in [0.15, 0.2) is 48.7 Å². The maximum absolute atomic E-state index is 9.48. The third-order valence-electron chi connectivity index (χ3n) is 3.67. The monoisotopic (exact) mass is 267 g/mol. The Labute approximate surface area is 118 Å². The van der Waals surface area contributed by atoms with E-state index in [9.17, 15) is 5.11 Å². The fourth-order valence-corrected chi connectivity index (χ4v) is 2.62. The van der Waals surface area contributed by atoms with E-state index >= 15 is 0 Å². The molecule has 1 N–H and O–H groups in total. The van der Waals surface area contributed by atoms with E-state index in [2.05, 4.69) is 23.6 Å². The van der Waals surface area contributed by atoms with Crippen molar-refractivity contribution in [2.45, 2.75) is 13.5 Å². The van der Waals surface area contributed by atoms with Gasteiger partial charge >= 0.3 is 0 Å². The number of nitrogens with zero attached hydrogens (tertiary/aromatic N) is 1. The van der Waals surface area contributed by atoms with Crippen LogP contribution >= 0.6 is 0 Å². The molecular weight excluding hydrogens is 250 g/mol. The molecule has 0 unspecified atom stereocenters. The minimum Gasteiger partial charge on any atom is -0.495 e. The minimum atomic E-state index is 0.0261. The largest absolute Gasteiger partial charge is 0.495 e. The fourth-order valence-electron chi connectivity index (χ4n) is 2.62. The highest BCUT2D eigenvalue weighted by Crippen LogP contribution is 2.32. The summed E-state index contributed by atoms with van der Waals surface area (Å²) in [5.41, 5.74) is 4.22. The summed E-state index contributed by atoms with van der Waals surface area (Å²) in [7, 11) is 1.67. The molecule has 0 amide bonds. The van der Waals surface area contributed by atoms with Crippen molar-refractivity contribution in [1.82, 2.24) is 4.57 Å². The lowest BCUT2D eigenvalue weighted by Gasteiger charge is -2.12. The molecule has 3 heteroatoms. The maximum atomic E-state index is 9.48. The second-order valence-corrected chi connectivity index (χ2v) is 4.82. The van der Waals surface area contributed by atoms with Crippen molar-refractivity contribution >= 4 is 10.9 Å². The lowest BCUT2D eigenvalue weighted by atomic mass is 10.1. The van der Waals surface area contributed by atoms with Crippen LogP contribution in [0.4, 0.5) is 0 Å². The van der Waals surface area contributed by atoms with E-state index in [1.807, 2.05) is 36.5 Å². The SMILES string of the molecule is COc1ccc(CO)c2ccn(-c3ccccc3C)c12. The van der Waals surface area contributed by atoms with E-state index in [-0.39, 0.29) is 6.61 Å². The molecular formula is C17H17NO2. The molecule has 0 aliphatic rings. The molecule has 1 aromatic heterocycles. The van der Waals surface area contributed by atoms with Gasteiger partial charge in [-0.2, -0.15) is 0 Å². The normalized spacial score (nSPS) is 10.9. The van der Waals surface area contributed by atoms with Gasteiger partial charge in [-0.1, -0.05) is 24.3 Å².